The first-order chi connectivity index (χ1) is 7.42. The first-order valence-electron chi connectivity index (χ1n) is 4.55. The maximum absolute atomic E-state index is 11.8. The van der Waals surface area contributed by atoms with Crippen molar-refractivity contribution < 1.29 is 22.6 Å². The highest BCUT2D eigenvalue weighted by atomic mass is 19.4. The number of methoxy groups -OCH3 is 1. The molecule has 6 heteroatoms. The van der Waals surface area contributed by atoms with E-state index in [4.69, 9.17) is 15.2 Å². The van der Waals surface area contributed by atoms with Crippen molar-refractivity contribution in [2.24, 2.45) is 0 Å². The van der Waals surface area contributed by atoms with E-state index in [9.17, 15) is 13.2 Å². The van der Waals surface area contributed by atoms with Crippen molar-refractivity contribution >= 4 is 5.69 Å². The highest BCUT2D eigenvalue weighted by Crippen LogP contribution is 2.27. The van der Waals surface area contributed by atoms with E-state index in [0.29, 0.717) is 17.2 Å². The summed E-state index contributed by atoms with van der Waals surface area (Å²) in [6.07, 6.45) is -5.20. The number of hydrogen-bond acceptors (Lipinski definition) is 3. The van der Waals surface area contributed by atoms with Gasteiger partial charge in [-0.2, -0.15) is 13.2 Å². The number of halogens is 3. The van der Waals surface area contributed by atoms with Crippen LogP contribution in [0, 0.1) is 0 Å². The van der Waals surface area contributed by atoms with Crippen LogP contribution in [0.3, 0.4) is 0 Å². The van der Waals surface area contributed by atoms with E-state index in [-0.39, 0.29) is 0 Å². The van der Waals surface area contributed by atoms with Gasteiger partial charge in [-0.25, -0.2) is 0 Å². The fourth-order valence-corrected chi connectivity index (χ4v) is 1.07. The minimum atomic E-state index is -4.21. The average molecular weight is 235 g/mol. The predicted octanol–water partition coefficient (Wildman–Crippen LogP) is 2.61. The van der Waals surface area contributed by atoms with E-state index in [0.717, 1.165) is 0 Å². The van der Waals surface area contributed by atoms with Crippen molar-refractivity contribution in [1.29, 1.82) is 0 Å². The van der Waals surface area contributed by atoms with Crippen LogP contribution >= 0.6 is 0 Å². The maximum Gasteiger partial charge on any atom is 0.392 e. The number of ether oxygens (including phenoxy) is 2. The van der Waals surface area contributed by atoms with Gasteiger partial charge in [0.2, 0.25) is 0 Å². The molecule has 0 spiro atoms. The molecule has 2 N–H and O–H groups in total. The zero-order valence-corrected chi connectivity index (χ0v) is 8.67. The minimum absolute atomic E-state index is 0.301. The van der Waals surface area contributed by atoms with Gasteiger partial charge in [-0.1, -0.05) is 0 Å². The molecule has 0 amide bonds. The second-order valence-corrected chi connectivity index (χ2v) is 3.12. The Kier molecular flexibility index (Phi) is 3.87. The number of hydrogen-bond donors (Lipinski definition) is 1. The molecule has 3 nitrogen and oxygen atoms in total. The lowest BCUT2D eigenvalue weighted by Crippen LogP contribution is -2.13. The predicted molar refractivity (Wildman–Crippen MR) is 53.6 cm³/mol. The second-order valence-electron chi connectivity index (χ2n) is 3.12. The second kappa shape index (κ2) is 4.96. The summed E-state index contributed by atoms with van der Waals surface area (Å²) in [6.45, 7) is -0.420. The average Bonchev–Trinajstić information content (AvgIpc) is 2.18. The van der Waals surface area contributed by atoms with E-state index in [1.54, 1.807) is 0 Å². The van der Waals surface area contributed by atoms with Crippen molar-refractivity contribution in [3.05, 3.63) is 18.2 Å². The normalized spacial score (nSPS) is 11.2. The fraction of sp³-hybridized carbons (Fsp3) is 0.400. The third-order valence-corrected chi connectivity index (χ3v) is 1.86. The molecule has 0 saturated heterocycles. The van der Waals surface area contributed by atoms with Crippen LogP contribution in [0.15, 0.2) is 18.2 Å². The minimum Gasteiger partial charge on any atom is -0.494 e. The Balaban J connectivity index is 2.55. The van der Waals surface area contributed by atoms with E-state index in [2.05, 4.69) is 0 Å². The van der Waals surface area contributed by atoms with Gasteiger partial charge in [-0.3, -0.25) is 0 Å². The Bertz CT molecular complexity index is 352. The molecule has 1 aromatic rings. The summed E-state index contributed by atoms with van der Waals surface area (Å²) in [5.41, 5.74) is 5.95. The van der Waals surface area contributed by atoms with Gasteiger partial charge in [0.1, 0.15) is 11.5 Å². The van der Waals surface area contributed by atoms with Gasteiger partial charge >= 0.3 is 6.18 Å². The van der Waals surface area contributed by atoms with Crippen molar-refractivity contribution in [3.63, 3.8) is 0 Å². The zero-order chi connectivity index (χ0) is 12.2. The van der Waals surface area contributed by atoms with Gasteiger partial charge in [0.05, 0.1) is 25.8 Å². The van der Waals surface area contributed by atoms with Gasteiger partial charge in [0, 0.05) is 6.07 Å². The van der Waals surface area contributed by atoms with Crippen LogP contribution in [0.5, 0.6) is 11.5 Å². The molecule has 0 radical (unpaired) electrons. The van der Waals surface area contributed by atoms with Crippen LogP contribution in [0.4, 0.5) is 18.9 Å². The topological polar surface area (TPSA) is 44.5 Å². The number of benzene rings is 1. The monoisotopic (exact) mass is 235 g/mol. The number of nitrogens with two attached hydrogens (primary N) is 1. The summed E-state index contributed by atoms with van der Waals surface area (Å²) >= 11 is 0. The van der Waals surface area contributed by atoms with Crippen molar-refractivity contribution in [2.45, 2.75) is 12.6 Å². The molecule has 1 rings (SSSR count). The molecule has 0 bridgehead atoms. The summed E-state index contributed by atoms with van der Waals surface area (Å²) in [7, 11) is 1.42. The molecule has 0 aliphatic carbocycles. The molecule has 0 fully saturated rings. The SMILES string of the molecule is COc1cc(OCCC(F)(F)F)ccc1N. The summed E-state index contributed by atoms with van der Waals surface area (Å²) in [5.74, 6) is 0.680. The Labute approximate surface area is 91.0 Å². The molecule has 0 aromatic heterocycles. The molecule has 0 aliphatic rings. The molecule has 0 saturated carbocycles. The molecule has 0 heterocycles. The van der Waals surface area contributed by atoms with Crippen LogP contribution in [0.25, 0.3) is 0 Å². The van der Waals surface area contributed by atoms with Gasteiger partial charge in [0.25, 0.3) is 0 Å². The molecule has 16 heavy (non-hydrogen) atoms. The molecule has 0 aliphatic heterocycles. The van der Waals surface area contributed by atoms with Crippen molar-refractivity contribution in [3.8, 4) is 11.5 Å². The Morgan fingerprint density at radius 2 is 2.00 bits per heavy atom. The van der Waals surface area contributed by atoms with Gasteiger partial charge in [-0.15, -0.1) is 0 Å². The first kappa shape index (κ1) is 12.5. The lowest BCUT2D eigenvalue weighted by molar-refractivity contribution is -0.139. The largest absolute Gasteiger partial charge is 0.494 e. The van der Waals surface area contributed by atoms with Crippen LogP contribution in [-0.2, 0) is 0 Å². The van der Waals surface area contributed by atoms with Crippen LogP contribution in [0.2, 0.25) is 0 Å². The van der Waals surface area contributed by atoms with Gasteiger partial charge < -0.3 is 15.2 Å². The lowest BCUT2D eigenvalue weighted by Gasteiger charge is -2.10. The molecule has 90 valence electrons. The number of nitrogen functional groups attached to an aromatic ring is 1. The Hall–Kier alpha value is -1.59. The number of alkyl halides is 3. The van der Waals surface area contributed by atoms with E-state index in [1.165, 1.54) is 25.3 Å². The van der Waals surface area contributed by atoms with E-state index >= 15 is 0 Å². The third kappa shape index (κ3) is 3.88. The molecule has 0 atom stereocenters. The van der Waals surface area contributed by atoms with Crippen LogP contribution in [-0.4, -0.2) is 19.9 Å². The Morgan fingerprint density at radius 3 is 2.56 bits per heavy atom. The Morgan fingerprint density at radius 1 is 1.31 bits per heavy atom. The lowest BCUT2D eigenvalue weighted by atomic mass is 10.3. The van der Waals surface area contributed by atoms with Crippen molar-refractivity contribution in [2.75, 3.05) is 19.5 Å². The summed E-state index contributed by atoms with van der Waals surface area (Å²) in [4.78, 5) is 0. The molecule has 0 unspecified atom stereocenters. The number of rotatable bonds is 4. The highest BCUT2D eigenvalue weighted by Gasteiger charge is 2.26. The fourth-order valence-electron chi connectivity index (χ4n) is 1.07. The van der Waals surface area contributed by atoms with Crippen LogP contribution < -0.4 is 15.2 Å². The standard InChI is InChI=1S/C10H12F3NO2/c1-15-9-6-7(2-3-8(9)14)16-5-4-10(11,12)13/h2-3,6H,4-5,14H2,1H3. The van der Waals surface area contributed by atoms with Gasteiger partial charge in [0.15, 0.2) is 0 Å². The highest BCUT2D eigenvalue weighted by molar-refractivity contribution is 5.55. The summed E-state index contributed by atoms with van der Waals surface area (Å²) < 4.78 is 45.4. The molecular formula is C10H12F3NO2. The van der Waals surface area contributed by atoms with Crippen LogP contribution in [0.1, 0.15) is 6.42 Å². The third-order valence-electron chi connectivity index (χ3n) is 1.86. The zero-order valence-electron chi connectivity index (χ0n) is 8.67. The molecule has 1 aromatic carbocycles. The first-order valence-corrected chi connectivity index (χ1v) is 4.55. The van der Waals surface area contributed by atoms with E-state index in [1.807, 2.05) is 0 Å². The maximum atomic E-state index is 11.8. The number of anilines is 1. The van der Waals surface area contributed by atoms with E-state index < -0.39 is 19.2 Å². The quantitative estimate of drug-likeness (QED) is 0.816. The van der Waals surface area contributed by atoms with Crippen molar-refractivity contribution in [1.82, 2.24) is 0 Å². The molecular weight excluding hydrogens is 223 g/mol. The summed E-state index contributed by atoms with van der Waals surface area (Å²) in [6, 6.07) is 4.46. The smallest absolute Gasteiger partial charge is 0.392 e. The summed E-state index contributed by atoms with van der Waals surface area (Å²) in [5, 5.41) is 0. The van der Waals surface area contributed by atoms with Gasteiger partial charge in [-0.05, 0) is 12.1 Å².